The van der Waals surface area contributed by atoms with Gasteiger partial charge in [-0.2, -0.15) is 0 Å². The van der Waals surface area contributed by atoms with Gasteiger partial charge in [-0.25, -0.2) is 4.98 Å². The van der Waals surface area contributed by atoms with Crippen molar-refractivity contribution in [2.45, 2.75) is 26.3 Å². The fourth-order valence-electron chi connectivity index (χ4n) is 0.879. The molecule has 0 atom stereocenters. The Bertz CT molecular complexity index is 303. The van der Waals surface area contributed by atoms with E-state index in [9.17, 15) is 4.79 Å². The Morgan fingerprint density at radius 2 is 2.14 bits per heavy atom. The first kappa shape index (κ1) is 10.8. The van der Waals surface area contributed by atoms with Crippen LogP contribution < -0.4 is 5.32 Å². The predicted octanol–water partition coefficient (Wildman–Crippen LogP) is 1.05. The lowest BCUT2D eigenvalue weighted by atomic mass is 10.1. The number of Topliss-reactive ketones (excluding diaryl/α,β-unsaturated/α-hetero) is 1. The maximum atomic E-state index is 11.5. The van der Waals surface area contributed by atoms with Gasteiger partial charge in [0.05, 0.1) is 12.7 Å². The van der Waals surface area contributed by atoms with Crippen LogP contribution in [0.2, 0.25) is 0 Å². The molecule has 0 aliphatic carbocycles. The Labute approximate surface area is 83.8 Å². The first-order chi connectivity index (χ1) is 6.49. The highest BCUT2D eigenvalue weighted by Gasteiger charge is 2.13. The molecule has 1 heterocycles. The lowest BCUT2D eigenvalue weighted by molar-refractivity contribution is 0.0977. The highest BCUT2D eigenvalue weighted by atomic mass is 16.1. The van der Waals surface area contributed by atoms with Crippen LogP contribution >= 0.6 is 0 Å². The predicted molar refractivity (Wildman–Crippen MR) is 54.1 cm³/mol. The van der Waals surface area contributed by atoms with Gasteiger partial charge < -0.3 is 5.32 Å². The maximum absolute atomic E-state index is 11.5. The molecule has 1 aromatic rings. The van der Waals surface area contributed by atoms with E-state index in [1.54, 1.807) is 6.20 Å². The molecule has 14 heavy (non-hydrogen) atoms. The summed E-state index contributed by atoms with van der Waals surface area (Å²) in [5, 5.41) is 3.10. The summed E-state index contributed by atoms with van der Waals surface area (Å²) in [7, 11) is 0. The Balaban J connectivity index is 2.52. The molecule has 1 rings (SSSR count). The minimum atomic E-state index is -0.0577. The smallest absolute Gasteiger partial charge is 0.196 e. The molecule has 0 spiro atoms. The average Bonchev–Trinajstić information content (AvgIpc) is 2.14. The number of hydrogen-bond donors (Lipinski definition) is 1. The fourth-order valence-corrected chi connectivity index (χ4v) is 0.879. The van der Waals surface area contributed by atoms with E-state index in [2.05, 4.69) is 15.3 Å². The lowest BCUT2D eigenvalue weighted by Crippen LogP contribution is -2.39. The summed E-state index contributed by atoms with van der Waals surface area (Å²) in [6.45, 7) is 6.33. The molecule has 4 heteroatoms. The van der Waals surface area contributed by atoms with Gasteiger partial charge in [-0.15, -0.1) is 0 Å². The molecule has 0 amide bonds. The second-order valence-electron chi connectivity index (χ2n) is 4.12. The second kappa shape index (κ2) is 4.28. The Hall–Kier alpha value is -1.29. The van der Waals surface area contributed by atoms with Crippen molar-refractivity contribution in [2.75, 3.05) is 6.54 Å². The number of nitrogens with one attached hydrogen (secondary N) is 1. The summed E-state index contributed by atoms with van der Waals surface area (Å²) in [6.07, 6.45) is 4.55. The molecule has 0 saturated carbocycles. The zero-order valence-electron chi connectivity index (χ0n) is 8.74. The molecule has 1 N–H and O–H groups in total. The van der Waals surface area contributed by atoms with Gasteiger partial charge in [0.1, 0.15) is 5.69 Å². The third-order valence-electron chi connectivity index (χ3n) is 1.63. The summed E-state index contributed by atoms with van der Waals surface area (Å²) in [5.41, 5.74) is 0.349. The zero-order valence-corrected chi connectivity index (χ0v) is 8.74. The zero-order chi connectivity index (χ0) is 10.6. The number of aromatic nitrogens is 2. The van der Waals surface area contributed by atoms with Gasteiger partial charge in [-0.1, -0.05) is 0 Å². The first-order valence-electron chi connectivity index (χ1n) is 4.53. The standard InChI is InChI=1S/C10H15N3O/c1-10(2,3)13-7-9(14)8-6-11-4-5-12-8/h4-6,13H,7H2,1-3H3. The van der Waals surface area contributed by atoms with Crippen LogP contribution in [0.15, 0.2) is 18.6 Å². The van der Waals surface area contributed by atoms with E-state index < -0.39 is 0 Å². The van der Waals surface area contributed by atoms with Crippen LogP contribution in [0, 0.1) is 0 Å². The molecular formula is C10H15N3O. The molecule has 0 saturated heterocycles. The van der Waals surface area contributed by atoms with E-state index in [0.717, 1.165) is 0 Å². The lowest BCUT2D eigenvalue weighted by Gasteiger charge is -2.19. The number of carbonyl (C=O) groups is 1. The topological polar surface area (TPSA) is 54.9 Å². The van der Waals surface area contributed by atoms with Crippen molar-refractivity contribution >= 4 is 5.78 Å². The van der Waals surface area contributed by atoms with Gasteiger partial charge in [-0.3, -0.25) is 9.78 Å². The minimum Gasteiger partial charge on any atom is -0.305 e. The van der Waals surface area contributed by atoms with E-state index in [1.165, 1.54) is 12.4 Å². The maximum Gasteiger partial charge on any atom is 0.196 e. The van der Waals surface area contributed by atoms with E-state index in [-0.39, 0.29) is 11.3 Å². The summed E-state index contributed by atoms with van der Waals surface area (Å²) < 4.78 is 0. The van der Waals surface area contributed by atoms with Crippen LogP contribution in [-0.4, -0.2) is 27.8 Å². The molecule has 76 valence electrons. The van der Waals surface area contributed by atoms with E-state index in [0.29, 0.717) is 12.2 Å². The number of carbonyl (C=O) groups excluding carboxylic acids is 1. The fraction of sp³-hybridized carbons (Fsp3) is 0.500. The average molecular weight is 193 g/mol. The summed E-state index contributed by atoms with van der Waals surface area (Å²) in [5.74, 6) is -0.0342. The monoisotopic (exact) mass is 193 g/mol. The van der Waals surface area contributed by atoms with Crippen molar-refractivity contribution in [1.82, 2.24) is 15.3 Å². The van der Waals surface area contributed by atoms with Crippen LogP contribution in [0.25, 0.3) is 0 Å². The van der Waals surface area contributed by atoms with Crippen LogP contribution in [0.1, 0.15) is 31.3 Å². The van der Waals surface area contributed by atoms with Crippen molar-refractivity contribution < 1.29 is 4.79 Å². The number of rotatable bonds is 3. The van der Waals surface area contributed by atoms with Crippen LogP contribution in [0.5, 0.6) is 0 Å². The van der Waals surface area contributed by atoms with Gasteiger partial charge >= 0.3 is 0 Å². The normalized spacial score (nSPS) is 11.4. The molecule has 0 radical (unpaired) electrons. The van der Waals surface area contributed by atoms with Crippen molar-refractivity contribution in [3.05, 3.63) is 24.3 Å². The highest BCUT2D eigenvalue weighted by Crippen LogP contribution is 1.99. The van der Waals surface area contributed by atoms with Crippen LogP contribution in [0.4, 0.5) is 0 Å². The van der Waals surface area contributed by atoms with Gasteiger partial charge in [0, 0.05) is 17.9 Å². The van der Waals surface area contributed by atoms with E-state index >= 15 is 0 Å². The quantitative estimate of drug-likeness (QED) is 0.729. The second-order valence-corrected chi connectivity index (χ2v) is 4.12. The number of nitrogens with zero attached hydrogens (tertiary/aromatic N) is 2. The molecular weight excluding hydrogens is 178 g/mol. The van der Waals surface area contributed by atoms with Crippen LogP contribution in [0.3, 0.4) is 0 Å². The van der Waals surface area contributed by atoms with E-state index in [1.807, 2.05) is 20.8 Å². The largest absolute Gasteiger partial charge is 0.305 e. The van der Waals surface area contributed by atoms with Crippen LogP contribution in [-0.2, 0) is 0 Å². The Morgan fingerprint density at radius 1 is 1.43 bits per heavy atom. The molecule has 1 aromatic heterocycles. The third kappa shape index (κ3) is 3.62. The highest BCUT2D eigenvalue weighted by molar-refractivity contribution is 5.95. The molecule has 0 unspecified atom stereocenters. The van der Waals surface area contributed by atoms with Crippen molar-refractivity contribution in [3.8, 4) is 0 Å². The molecule has 0 aliphatic heterocycles. The van der Waals surface area contributed by atoms with E-state index in [4.69, 9.17) is 0 Å². The number of hydrogen-bond acceptors (Lipinski definition) is 4. The SMILES string of the molecule is CC(C)(C)NCC(=O)c1cnccn1. The summed E-state index contributed by atoms with van der Waals surface area (Å²) in [6, 6.07) is 0. The van der Waals surface area contributed by atoms with Crippen molar-refractivity contribution in [1.29, 1.82) is 0 Å². The summed E-state index contributed by atoms with van der Waals surface area (Å²) >= 11 is 0. The molecule has 0 fully saturated rings. The van der Waals surface area contributed by atoms with Gasteiger partial charge in [0.2, 0.25) is 0 Å². The third-order valence-corrected chi connectivity index (χ3v) is 1.63. The minimum absolute atomic E-state index is 0.0342. The van der Waals surface area contributed by atoms with Crippen molar-refractivity contribution in [2.24, 2.45) is 0 Å². The molecule has 0 aliphatic rings. The Kier molecular flexibility index (Phi) is 3.30. The summed E-state index contributed by atoms with van der Waals surface area (Å²) in [4.78, 5) is 19.3. The Morgan fingerprint density at radius 3 is 2.64 bits per heavy atom. The molecule has 4 nitrogen and oxygen atoms in total. The molecule has 0 bridgehead atoms. The van der Waals surface area contributed by atoms with Gasteiger partial charge in [-0.05, 0) is 20.8 Å². The van der Waals surface area contributed by atoms with Gasteiger partial charge in [0.15, 0.2) is 5.78 Å². The first-order valence-corrected chi connectivity index (χ1v) is 4.53. The number of ketones is 1. The van der Waals surface area contributed by atoms with Gasteiger partial charge in [0.25, 0.3) is 0 Å². The molecule has 0 aromatic carbocycles. The van der Waals surface area contributed by atoms with Crippen molar-refractivity contribution in [3.63, 3.8) is 0 Å².